The van der Waals surface area contributed by atoms with Gasteiger partial charge in [0.05, 0.1) is 27.2 Å². The van der Waals surface area contributed by atoms with Crippen LogP contribution in [0.25, 0.3) is 0 Å². The summed E-state index contributed by atoms with van der Waals surface area (Å²) in [6, 6.07) is 6.07. The highest BCUT2D eigenvalue weighted by Crippen LogP contribution is 2.25. The van der Waals surface area contributed by atoms with E-state index in [2.05, 4.69) is 23.9 Å². The summed E-state index contributed by atoms with van der Waals surface area (Å²) in [6.45, 7) is 5.16. The minimum absolute atomic E-state index is 0.227. The van der Waals surface area contributed by atoms with Crippen molar-refractivity contribution in [3.05, 3.63) is 23.8 Å². The van der Waals surface area contributed by atoms with Crippen LogP contribution in [0.4, 0.5) is 0 Å². The van der Waals surface area contributed by atoms with Gasteiger partial charge < -0.3 is 19.5 Å². The molecule has 1 rings (SSSR count). The number of carbonyl (C=O) groups excluding carboxylic acids is 1. The molecule has 0 spiro atoms. The van der Waals surface area contributed by atoms with E-state index in [-0.39, 0.29) is 19.0 Å². The first-order valence-corrected chi connectivity index (χ1v) is 6.66. The molecule has 5 nitrogen and oxygen atoms in total. The highest BCUT2D eigenvalue weighted by atomic mass is 16.5. The number of rotatable bonds is 8. The van der Waals surface area contributed by atoms with Crippen molar-refractivity contribution >= 4 is 5.97 Å². The highest BCUT2D eigenvalue weighted by Gasteiger charge is 2.08. The first-order chi connectivity index (χ1) is 9.56. The monoisotopic (exact) mass is 281 g/mol. The van der Waals surface area contributed by atoms with Crippen molar-refractivity contribution in [2.75, 3.05) is 20.8 Å². The molecule has 1 aromatic carbocycles. The number of esters is 1. The smallest absolute Gasteiger partial charge is 0.308 e. The van der Waals surface area contributed by atoms with Crippen molar-refractivity contribution in [2.45, 2.75) is 32.9 Å². The van der Waals surface area contributed by atoms with Crippen LogP contribution in [0.2, 0.25) is 0 Å². The molecule has 0 fully saturated rings. The van der Waals surface area contributed by atoms with Crippen LogP contribution in [0.15, 0.2) is 18.2 Å². The third kappa shape index (κ3) is 5.48. The van der Waals surface area contributed by atoms with E-state index < -0.39 is 0 Å². The van der Waals surface area contributed by atoms with E-state index in [0.717, 1.165) is 17.1 Å². The third-order valence-corrected chi connectivity index (χ3v) is 2.77. The SMILES string of the molecule is COC(=O)CCOc1cc(OC)ccc1CNC(C)C. The molecule has 0 heterocycles. The highest BCUT2D eigenvalue weighted by molar-refractivity contribution is 5.69. The lowest BCUT2D eigenvalue weighted by atomic mass is 10.2. The van der Waals surface area contributed by atoms with Crippen molar-refractivity contribution in [2.24, 2.45) is 0 Å². The molecule has 0 aliphatic carbocycles. The van der Waals surface area contributed by atoms with Crippen LogP contribution < -0.4 is 14.8 Å². The molecular weight excluding hydrogens is 258 g/mol. The van der Waals surface area contributed by atoms with Gasteiger partial charge in [-0.05, 0) is 6.07 Å². The molecule has 0 saturated heterocycles. The lowest BCUT2D eigenvalue weighted by Crippen LogP contribution is -2.22. The Morgan fingerprint density at radius 1 is 1.30 bits per heavy atom. The number of methoxy groups -OCH3 is 2. The van der Waals surface area contributed by atoms with E-state index in [9.17, 15) is 4.79 Å². The molecule has 0 amide bonds. The number of ether oxygens (including phenoxy) is 3. The number of benzene rings is 1. The van der Waals surface area contributed by atoms with Crippen molar-refractivity contribution in [3.8, 4) is 11.5 Å². The summed E-state index contributed by atoms with van der Waals surface area (Å²) in [7, 11) is 2.98. The first kappa shape index (κ1) is 16.3. The Bertz CT molecular complexity index is 432. The zero-order valence-corrected chi connectivity index (χ0v) is 12.6. The summed E-state index contributed by atoms with van der Waals surface area (Å²) < 4.78 is 15.4. The Morgan fingerprint density at radius 2 is 2.05 bits per heavy atom. The number of hydrogen-bond acceptors (Lipinski definition) is 5. The maximum absolute atomic E-state index is 11.1. The predicted molar refractivity (Wildman–Crippen MR) is 77.1 cm³/mol. The molecule has 112 valence electrons. The van der Waals surface area contributed by atoms with E-state index in [1.807, 2.05) is 18.2 Å². The molecule has 0 aliphatic rings. The van der Waals surface area contributed by atoms with Crippen LogP contribution >= 0.6 is 0 Å². The van der Waals surface area contributed by atoms with Crippen LogP contribution in [0.5, 0.6) is 11.5 Å². The minimum atomic E-state index is -0.283. The molecule has 0 saturated carbocycles. The molecule has 0 bridgehead atoms. The van der Waals surface area contributed by atoms with Gasteiger partial charge >= 0.3 is 5.97 Å². The maximum Gasteiger partial charge on any atom is 0.308 e. The zero-order chi connectivity index (χ0) is 15.0. The summed E-state index contributed by atoms with van der Waals surface area (Å²) in [6.07, 6.45) is 0.227. The third-order valence-electron chi connectivity index (χ3n) is 2.77. The fraction of sp³-hybridized carbons (Fsp3) is 0.533. The minimum Gasteiger partial charge on any atom is -0.497 e. The number of carbonyl (C=O) groups is 1. The van der Waals surface area contributed by atoms with Crippen molar-refractivity contribution in [1.82, 2.24) is 5.32 Å². The largest absolute Gasteiger partial charge is 0.497 e. The summed E-state index contributed by atoms with van der Waals surface area (Å²) in [5.74, 6) is 1.17. The average Bonchev–Trinajstić information content (AvgIpc) is 2.45. The second-order valence-electron chi connectivity index (χ2n) is 4.68. The summed E-state index contributed by atoms with van der Waals surface area (Å²) in [4.78, 5) is 11.1. The van der Waals surface area contributed by atoms with E-state index in [4.69, 9.17) is 9.47 Å². The van der Waals surface area contributed by atoms with Gasteiger partial charge in [-0.15, -0.1) is 0 Å². The van der Waals surface area contributed by atoms with Crippen molar-refractivity contribution < 1.29 is 19.0 Å². The number of nitrogens with one attached hydrogen (secondary N) is 1. The Morgan fingerprint density at radius 3 is 2.65 bits per heavy atom. The Balaban J connectivity index is 2.70. The topological polar surface area (TPSA) is 56.8 Å². The summed E-state index contributed by atoms with van der Waals surface area (Å²) >= 11 is 0. The van der Waals surface area contributed by atoms with Crippen LogP contribution in [0.1, 0.15) is 25.8 Å². The quantitative estimate of drug-likeness (QED) is 0.740. The van der Waals surface area contributed by atoms with Gasteiger partial charge in [-0.3, -0.25) is 4.79 Å². The molecule has 0 radical (unpaired) electrons. The molecular formula is C15H23NO4. The fourth-order valence-corrected chi connectivity index (χ4v) is 1.60. The van der Waals surface area contributed by atoms with E-state index >= 15 is 0 Å². The van der Waals surface area contributed by atoms with Gasteiger partial charge in [0, 0.05) is 24.2 Å². The zero-order valence-electron chi connectivity index (χ0n) is 12.6. The van der Waals surface area contributed by atoms with E-state index in [0.29, 0.717) is 12.6 Å². The second-order valence-corrected chi connectivity index (χ2v) is 4.68. The molecule has 0 aliphatic heterocycles. The Labute approximate surface area is 120 Å². The van der Waals surface area contributed by atoms with Crippen molar-refractivity contribution in [3.63, 3.8) is 0 Å². The summed E-state index contributed by atoms with van der Waals surface area (Å²) in [5.41, 5.74) is 1.03. The number of hydrogen-bond donors (Lipinski definition) is 1. The normalized spacial score (nSPS) is 10.4. The molecule has 1 N–H and O–H groups in total. The van der Waals surface area contributed by atoms with E-state index in [1.165, 1.54) is 7.11 Å². The maximum atomic E-state index is 11.1. The lowest BCUT2D eigenvalue weighted by molar-refractivity contribution is -0.141. The average molecular weight is 281 g/mol. The van der Waals surface area contributed by atoms with Crippen LogP contribution in [-0.4, -0.2) is 32.8 Å². The molecule has 1 aromatic rings. The van der Waals surface area contributed by atoms with Crippen LogP contribution in [-0.2, 0) is 16.1 Å². The van der Waals surface area contributed by atoms with Gasteiger partial charge in [0.2, 0.25) is 0 Å². The van der Waals surface area contributed by atoms with Gasteiger partial charge in [-0.25, -0.2) is 0 Å². The molecule has 0 aromatic heterocycles. The lowest BCUT2D eigenvalue weighted by Gasteiger charge is -2.14. The Hall–Kier alpha value is -1.75. The van der Waals surface area contributed by atoms with Gasteiger partial charge in [-0.2, -0.15) is 0 Å². The van der Waals surface area contributed by atoms with Gasteiger partial charge in [-0.1, -0.05) is 19.9 Å². The molecule has 0 unspecified atom stereocenters. The van der Waals surface area contributed by atoms with Gasteiger partial charge in [0.25, 0.3) is 0 Å². The molecule has 20 heavy (non-hydrogen) atoms. The van der Waals surface area contributed by atoms with Crippen LogP contribution in [0.3, 0.4) is 0 Å². The molecule has 0 atom stereocenters. The first-order valence-electron chi connectivity index (χ1n) is 6.66. The summed E-state index contributed by atoms with van der Waals surface area (Å²) in [5, 5.41) is 3.34. The fourth-order valence-electron chi connectivity index (χ4n) is 1.60. The van der Waals surface area contributed by atoms with Crippen molar-refractivity contribution in [1.29, 1.82) is 0 Å². The standard InChI is InChI=1S/C15H23NO4/c1-11(2)16-10-12-5-6-13(18-3)9-14(12)20-8-7-15(17)19-4/h5-6,9,11,16H,7-8,10H2,1-4H3. The Kier molecular flexibility index (Phi) is 6.87. The second kappa shape index (κ2) is 8.43. The molecule has 5 heteroatoms. The van der Waals surface area contributed by atoms with Crippen LogP contribution in [0, 0.1) is 0 Å². The van der Waals surface area contributed by atoms with Gasteiger partial charge in [0.15, 0.2) is 0 Å². The van der Waals surface area contributed by atoms with Gasteiger partial charge in [0.1, 0.15) is 11.5 Å². The van der Waals surface area contributed by atoms with E-state index in [1.54, 1.807) is 7.11 Å². The predicted octanol–water partition coefficient (Wildman–Crippen LogP) is 2.14.